The van der Waals surface area contributed by atoms with Gasteiger partial charge in [-0.2, -0.15) is 4.98 Å². The van der Waals surface area contributed by atoms with Gasteiger partial charge in [0.05, 0.1) is 11.8 Å². The molecule has 0 saturated carbocycles. The van der Waals surface area contributed by atoms with Crippen molar-refractivity contribution in [1.29, 1.82) is 0 Å². The van der Waals surface area contributed by atoms with Gasteiger partial charge in [-0.25, -0.2) is 8.42 Å². The fourth-order valence-corrected chi connectivity index (χ4v) is 3.07. The molecular weight excluding hydrogens is 254 g/mol. The summed E-state index contributed by atoms with van der Waals surface area (Å²) >= 11 is 0. The Bertz CT molecular complexity index is 733. The molecule has 18 heavy (non-hydrogen) atoms. The number of anilines is 2. The first-order chi connectivity index (χ1) is 8.52. The fraction of sp³-hybridized carbons (Fsp3) is 0.182. The number of sulfone groups is 1. The lowest BCUT2D eigenvalue weighted by Crippen LogP contribution is -2.20. The topological polar surface area (TPSA) is 98.2 Å². The minimum Gasteiger partial charge on any atom is -0.424 e. The Kier molecular flexibility index (Phi) is 2.30. The van der Waals surface area contributed by atoms with Crippen molar-refractivity contribution in [3.8, 4) is 0 Å². The lowest BCUT2D eigenvalue weighted by Gasteiger charge is -2.05. The van der Waals surface area contributed by atoms with Crippen molar-refractivity contribution in [3.05, 3.63) is 29.7 Å². The zero-order valence-electron chi connectivity index (χ0n) is 9.33. The van der Waals surface area contributed by atoms with Gasteiger partial charge in [-0.15, -0.1) is 0 Å². The van der Waals surface area contributed by atoms with E-state index in [1.54, 1.807) is 24.3 Å². The summed E-state index contributed by atoms with van der Waals surface area (Å²) in [6, 6.07) is 5.13. The molecule has 0 saturated heterocycles. The lowest BCUT2D eigenvalue weighted by molar-refractivity contribution is 0.600. The second-order valence-electron chi connectivity index (χ2n) is 4.16. The number of hydrogen-bond donors (Lipinski definition) is 2. The second kappa shape index (κ2) is 3.74. The third-order valence-corrected chi connectivity index (χ3v) is 4.05. The number of aromatic nitrogens is 1. The van der Waals surface area contributed by atoms with Gasteiger partial charge in [-0.3, -0.25) is 0 Å². The third-order valence-electron chi connectivity index (χ3n) is 2.65. The monoisotopic (exact) mass is 265 g/mol. The summed E-state index contributed by atoms with van der Waals surface area (Å²) < 4.78 is 28.0. The van der Waals surface area contributed by atoms with Gasteiger partial charge in [0.15, 0.2) is 15.4 Å². The van der Waals surface area contributed by atoms with E-state index in [0.29, 0.717) is 22.8 Å². The summed E-state index contributed by atoms with van der Waals surface area (Å²) in [5, 5.41) is 4.12. The Morgan fingerprint density at radius 2 is 2.28 bits per heavy atom. The number of hydrogen-bond acceptors (Lipinski definition) is 6. The van der Waals surface area contributed by atoms with Gasteiger partial charge in [0.1, 0.15) is 5.52 Å². The zero-order valence-corrected chi connectivity index (χ0v) is 10.1. The van der Waals surface area contributed by atoms with Crippen molar-refractivity contribution in [2.75, 3.05) is 16.8 Å². The third kappa shape index (κ3) is 2.04. The van der Waals surface area contributed by atoms with Gasteiger partial charge in [-0.05, 0) is 24.3 Å². The molecule has 1 unspecified atom stereocenters. The van der Waals surface area contributed by atoms with Gasteiger partial charge in [0.2, 0.25) is 0 Å². The minimum absolute atomic E-state index is 0.0217. The molecule has 6 nitrogen and oxygen atoms in total. The molecule has 0 aliphatic carbocycles. The van der Waals surface area contributed by atoms with E-state index in [0.717, 1.165) is 0 Å². The van der Waals surface area contributed by atoms with Crippen LogP contribution in [0.3, 0.4) is 0 Å². The smallest absolute Gasteiger partial charge is 0.296 e. The minimum atomic E-state index is -3.08. The van der Waals surface area contributed by atoms with Crippen molar-refractivity contribution in [2.45, 2.75) is 6.04 Å². The maximum atomic E-state index is 11.3. The summed E-state index contributed by atoms with van der Waals surface area (Å²) in [5.74, 6) is 0.0217. The summed E-state index contributed by atoms with van der Waals surface area (Å²) in [4.78, 5) is 4.20. The molecule has 3 rings (SSSR count). The molecule has 1 aliphatic heterocycles. The van der Waals surface area contributed by atoms with Crippen LogP contribution in [0, 0.1) is 0 Å². The van der Waals surface area contributed by atoms with Crippen molar-refractivity contribution >= 4 is 32.6 Å². The highest BCUT2D eigenvalue weighted by atomic mass is 32.2. The summed E-state index contributed by atoms with van der Waals surface area (Å²) in [6.07, 6.45) is 1.58. The molecule has 1 aromatic heterocycles. The summed E-state index contributed by atoms with van der Waals surface area (Å²) in [5.41, 5.74) is 7.49. The van der Waals surface area contributed by atoms with E-state index < -0.39 is 9.84 Å². The molecule has 0 bridgehead atoms. The second-order valence-corrected chi connectivity index (χ2v) is 6.09. The first-order valence-electron chi connectivity index (χ1n) is 5.35. The van der Waals surface area contributed by atoms with Crippen molar-refractivity contribution < 1.29 is 12.8 Å². The molecule has 94 valence electrons. The number of nitrogens with zero attached hydrogens (tertiary/aromatic N) is 1. The van der Waals surface area contributed by atoms with Crippen LogP contribution >= 0.6 is 0 Å². The predicted molar refractivity (Wildman–Crippen MR) is 68.8 cm³/mol. The molecule has 3 N–H and O–H groups in total. The highest BCUT2D eigenvalue weighted by Gasteiger charge is 2.22. The highest BCUT2D eigenvalue weighted by Crippen LogP contribution is 2.22. The molecule has 1 aromatic carbocycles. The predicted octanol–water partition coefficient (Wildman–Crippen LogP) is 1.13. The van der Waals surface area contributed by atoms with Gasteiger partial charge in [0, 0.05) is 11.1 Å². The van der Waals surface area contributed by atoms with Crippen LogP contribution in [0.25, 0.3) is 11.1 Å². The molecular formula is C11H11N3O3S. The van der Waals surface area contributed by atoms with Gasteiger partial charge >= 0.3 is 0 Å². The van der Waals surface area contributed by atoms with E-state index in [2.05, 4.69) is 10.3 Å². The Balaban J connectivity index is 1.86. The molecule has 7 heteroatoms. The Morgan fingerprint density at radius 1 is 1.44 bits per heavy atom. The van der Waals surface area contributed by atoms with Crippen LogP contribution < -0.4 is 11.1 Å². The van der Waals surface area contributed by atoms with E-state index >= 15 is 0 Å². The van der Waals surface area contributed by atoms with E-state index in [1.807, 2.05) is 0 Å². The van der Waals surface area contributed by atoms with Gasteiger partial charge < -0.3 is 15.5 Å². The highest BCUT2D eigenvalue weighted by molar-refractivity contribution is 7.94. The quantitative estimate of drug-likeness (QED) is 0.790. The number of nitrogens with two attached hydrogens (primary N) is 1. The maximum absolute atomic E-state index is 11.3. The Hall–Kier alpha value is -2.02. The van der Waals surface area contributed by atoms with Crippen LogP contribution in [-0.4, -0.2) is 25.2 Å². The SMILES string of the molecule is Nc1ccc2oc(NC3C=CS(=O)(=O)C3)nc2c1. The first kappa shape index (κ1) is 11.1. The van der Waals surface area contributed by atoms with Gasteiger partial charge in [0.25, 0.3) is 6.01 Å². The number of nitrogen functional groups attached to an aromatic ring is 1. The normalized spacial score (nSPS) is 21.4. The van der Waals surface area contributed by atoms with E-state index in [1.165, 1.54) is 5.41 Å². The van der Waals surface area contributed by atoms with Crippen LogP contribution in [0.1, 0.15) is 0 Å². The van der Waals surface area contributed by atoms with Crippen LogP contribution in [0.2, 0.25) is 0 Å². The number of benzene rings is 1. The van der Waals surface area contributed by atoms with Crippen molar-refractivity contribution in [1.82, 2.24) is 4.98 Å². The molecule has 2 heterocycles. The number of rotatable bonds is 2. The molecule has 0 amide bonds. The number of nitrogens with one attached hydrogen (secondary N) is 1. The largest absolute Gasteiger partial charge is 0.424 e. The maximum Gasteiger partial charge on any atom is 0.296 e. The van der Waals surface area contributed by atoms with Crippen LogP contribution in [-0.2, 0) is 9.84 Å². The Morgan fingerprint density at radius 3 is 3.00 bits per heavy atom. The first-order valence-corrected chi connectivity index (χ1v) is 7.07. The van der Waals surface area contributed by atoms with E-state index in [-0.39, 0.29) is 11.8 Å². The van der Waals surface area contributed by atoms with Gasteiger partial charge in [-0.1, -0.05) is 0 Å². The average Bonchev–Trinajstić information content (AvgIpc) is 2.81. The summed E-state index contributed by atoms with van der Waals surface area (Å²) in [7, 11) is -3.08. The number of fused-ring (bicyclic) bond motifs is 1. The van der Waals surface area contributed by atoms with E-state index in [9.17, 15) is 8.42 Å². The molecule has 1 atom stereocenters. The Labute approximate surface area is 103 Å². The van der Waals surface area contributed by atoms with Crippen LogP contribution in [0.4, 0.5) is 11.7 Å². The fourth-order valence-electron chi connectivity index (χ4n) is 1.83. The molecule has 0 spiro atoms. The molecule has 1 aliphatic rings. The van der Waals surface area contributed by atoms with Crippen LogP contribution in [0.5, 0.6) is 0 Å². The molecule has 2 aromatic rings. The molecule has 0 radical (unpaired) electrons. The van der Waals surface area contributed by atoms with Crippen molar-refractivity contribution in [2.24, 2.45) is 0 Å². The summed E-state index contributed by atoms with van der Waals surface area (Å²) in [6.45, 7) is 0. The zero-order chi connectivity index (χ0) is 12.8. The molecule has 0 fully saturated rings. The van der Waals surface area contributed by atoms with Crippen molar-refractivity contribution in [3.63, 3.8) is 0 Å². The lowest BCUT2D eigenvalue weighted by atomic mass is 10.3. The number of oxazole rings is 1. The standard InChI is InChI=1S/C11H11N3O3S/c12-7-1-2-10-9(5-7)14-11(17-10)13-8-3-4-18(15,16)6-8/h1-5,8H,6,12H2,(H,13,14). The van der Waals surface area contributed by atoms with E-state index in [4.69, 9.17) is 10.2 Å². The average molecular weight is 265 g/mol. The van der Waals surface area contributed by atoms with Crippen LogP contribution in [0.15, 0.2) is 34.1 Å².